The van der Waals surface area contributed by atoms with E-state index >= 15 is 0 Å². The van der Waals surface area contributed by atoms with Crippen LogP contribution in [-0.4, -0.2) is 17.4 Å². The van der Waals surface area contributed by atoms with E-state index in [1.165, 1.54) is 25.7 Å². The summed E-state index contributed by atoms with van der Waals surface area (Å²) in [5, 5.41) is 3.22. The minimum absolute atomic E-state index is 0.429. The van der Waals surface area contributed by atoms with Gasteiger partial charge in [-0.25, -0.2) is 4.98 Å². The highest BCUT2D eigenvalue weighted by molar-refractivity contribution is 5.97. The lowest BCUT2D eigenvalue weighted by Crippen LogP contribution is -2.18. The lowest BCUT2D eigenvalue weighted by atomic mass is 10.1. The third-order valence-corrected chi connectivity index (χ3v) is 3.11. The third-order valence-electron chi connectivity index (χ3n) is 3.11. The van der Waals surface area contributed by atoms with Crippen molar-refractivity contribution in [2.24, 2.45) is 11.7 Å². The maximum atomic E-state index is 11.2. The van der Waals surface area contributed by atoms with Crippen molar-refractivity contribution in [2.45, 2.75) is 25.7 Å². The van der Waals surface area contributed by atoms with Crippen molar-refractivity contribution in [3.05, 3.63) is 23.9 Å². The number of aromatic nitrogens is 1. The highest BCUT2D eigenvalue weighted by atomic mass is 16.1. The zero-order chi connectivity index (χ0) is 11.4. The average molecular weight is 219 g/mol. The summed E-state index contributed by atoms with van der Waals surface area (Å²) >= 11 is 0. The number of amides is 1. The molecule has 1 amide bonds. The van der Waals surface area contributed by atoms with E-state index in [1.807, 2.05) is 0 Å². The van der Waals surface area contributed by atoms with Gasteiger partial charge in [0.15, 0.2) is 0 Å². The first-order valence-electron chi connectivity index (χ1n) is 5.76. The molecule has 0 saturated heterocycles. The lowest BCUT2D eigenvalue weighted by Gasteiger charge is -2.12. The summed E-state index contributed by atoms with van der Waals surface area (Å²) in [6, 6.07) is 3.42. The number of carbonyl (C=O) groups excluding carboxylic acids is 1. The molecule has 1 aromatic rings. The highest BCUT2D eigenvalue weighted by Crippen LogP contribution is 2.25. The number of carbonyl (C=O) groups is 1. The van der Waals surface area contributed by atoms with Gasteiger partial charge < -0.3 is 11.1 Å². The van der Waals surface area contributed by atoms with Crippen LogP contribution in [0.1, 0.15) is 36.0 Å². The summed E-state index contributed by atoms with van der Waals surface area (Å²) < 4.78 is 0. The normalized spacial score (nSPS) is 16.2. The van der Waals surface area contributed by atoms with Gasteiger partial charge in [-0.05, 0) is 30.9 Å². The van der Waals surface area contributed by atoms with Crippen LogP contribution >= 0.6 is 0 Å². The molecule has 3 N–H and O–H groups in total. The Morgan fingerprint density at radius 2 is 2.25 bits per heavy atom. The van der Waals surface area contributed by atoms with Gasteiger partial charge >= 0.3 is 0 Å². The van der Waals surface area contributed by atoms with Gasteiger partial charge in [0.05, 0.1) is 5.56 Å². The minimum Gasteiger partial charge on any atom is -0.369 e. The van der Waals surface area contributed by atoms with Gasteiger partial charge in [-0.2, -0.15) is 0 Å². The summed E-state index contributed by atoms with van der Waals surface area (Å²) in [4.78, 5) is 15.3. The van der Waals surface area contributed by atoms with E-state index in [0.29, 0.717) is 17.3 Å². The van der Waals surface area contributed by atoms with Crippen LogP contribution < -0.4 is 11.1 Å². The standard InChI is InChI=1S/C12H17N3O/c13-11(16)10-6-3-7-14-12(10)15-8-9-4-1-2-5-9/h3,6-7,9H,1-2,4-5,8H2,(H2,13,16)(H,14,15). The minimum atomic E-state index is -0.429. The van der Waals surface area contributed by atoms with Gasteiger partial charge in [0.25, 0.3) is 5.91 Å². The van der Waals surface area contributed by atoms with Crippen molar-refractivity contribution in [3.8, 4) is 0 Å². The van der Waals surface area contributed by atoms with E-state index in [1.54, 1.807) is 18.3 Å². The summed E-state index contributed by atoms with van der Waals surface area (Å²) in [6.07, 6.45) is 6.84. The molecule has 0 spiro atoms. The van der Waals surface area contributed by atoms with E-state index in [0.717, 1.165) is 6.54 Å². The summed E-state index contributed by atoms with van der Waals surface area (Å²) in [5.41, 5.74) is 5.75. The average Bonchev–Trinajstić information content (AvgIpc) is 2.79. The molecule has 2 rings (SSSR count). The fourth-order valence-corrected chi connectivity index (χ4v) is 2.20. The van der Waals surface area contributed by atoms with Crippen LogP contribution in [0.5, 0.6) is 0 Å². The second-order valence-electron chi connectivity index (χ2n) is 4.30. The molecule has 1 heterocycles. The second-order valence-corrected chi connectivity index (χ2v) is 4.30. The third kappa shape index (κ3) is 2.51. The predicted molar refractivity (Wildman–Crippen MR) is 63.2 cm³/mol. The molecule has 1 saturated carbocycles. The summed E-state index contributed by atoms with van der Waals surface area (Å²) in [5.74, 6) is 0.895. The molecular formula is C12H17N3O. The van der Waals surface area contributed by atoms with Gasteiger partial charge in [0.2, 0.25) is 0 Å². The molecule has 1 aromatic heterocycles. The molecule has 0 atom stereocenters. The Balaban J connectivity index is 2.00. The van der Waals surface area contributed by atoms with E-state index < -0.39 is 5.91 Å². The smallest absolute Gasteiger partial charge is 0.252 e. The first kappa shape index (κ1) is 10.9. The molecule has 86 valence electrons. The van der Waals surface area contributed by atoms with Gasteiger partial charge in [-0.3, -0.25) is 4.79 Å². The number of rotatable bonds is 4. The van der Waals surface area contributed by atoms with E-state index in [9.17, 15) is 4.79 Å². The number of hydrogen-bond donors (Lipinski definition) is 2. The molecular weight excluding hydrogens is 202 g/mol. The van der Waals surface area contributed by atoms with Crippen LogP contribution in [0, 0.1) is 5.92 Å². The van der Waals surface area contributed by atoms with Crippen LogP contribution in [0.2, 0.25) is 0 Å². The van der Waals surface area contributed by atoms with Crippen LogP contribution in [-0.2, 0) is 0 Å². The summed E-state index contributed by atoms with van der Waals surface area (Å²) in [7, 11) is 0. The summed E-state index contributed by atoms with van der Waals surface area (Å²) in [6.45, 7) is 0.886. The Morgan fingerprint density at radius 3 is 2.94 bits per heavy atom. The fraction of sp³-hybridized carbons (Fsp3) is 0.500. The van der Waals surface area contributed by atoms with Crippen LogP contribution in [0.15, 0.2) is 18.3 Å². The second kappa shape index (κ2) is 4.96. The number of primary amides is 1. The van der Waals surface area contributed by atoms with E-state index in [4.69, 9.17) is 5.73 Å². The molecule has 1 aliphatic carbocycles. The van der Waals surface area contributed by atoms with Gasteiger partial charge in [-0.1, -0.05) is 12.8 Å². The number of pyridine rings is 1. The first-order valence-corrected chi connectivity index (χ1v) is 5.76. The quantitative estimate of drug-likeness (QED) is 0.811. The Hall–Kier alpha value is -1.58. The molecule has 0 aromatic carbocycles. The fourth-order valence-electron chi connectivity index (χ4n) is 2.20. The number of anilines is 1. The molecule has 1 fully saturated rings. The van der Waals surface area contributed by atoms with Crippen LogP contribution in [0.3, 0.4) is 0 Å². The number of nitrogens with two attached hydrogens (primary N) is 1. The highest BCUT2D eigenvalue weighted by Gasteiger charge is 2.16. The topological polar surface area (TPSA) is 68.0 Å². The Morgan fingerprint density at radius 1 is 1.50 bits per heavy atom. The molecule has 4 nitrogen and oxygen atoms in total. The Kier molecular flexibility index (Phi) is 3.39. The number of nitrogens with one attached hydrogen (secondary N) is 1. The predicted octanol–water partition coefficient (Wildman–Crippen LogP) is 1.78. The zero-order valence-corrected chi connectivity index (χ0v) is 9.28. The Labute approximate surface area is 95.3 Å². The molecule has 4 heteroatoms. The largest absolute Gasteiger partial charge is 0.369 e. The lowest BCUT2D eigenvalue weighted by molar-refractivity contribution is 0.100. The van der Waals surface area contributed by atoms with E-state index in [-0.39, 0.29) is 0 Å². The van der Waals surface area contributed by atoms with E-state index in [2.05, 4.69) is 10.3 Å². The Bertz CT molecular complexity index is 372. The monoisotopic (exact) mass is 219 g/mol. The number of nitrogens with zero attached hydrogens (tertiary/aromatic N) is 1. The van der Waals surface area contributed by atoms with Crippen molar-refractivity contribution in [2.75, 3.05) is 11.9 Å². The molecule has 0 unspecified atom stereocenters. The van der Waals surface area contributed by atoms with Crippen molar-refractivity contribution < 1.29 is 4.79 Å². The van der Waals surface area contributed by atoms with Gasteiger partial charge in [0.1, 0.15) is 5.82 Å². The first-order chi connectivity index (χ1) is 7.77. The van der Waals surface area contributed by atoms with Crippen molar-refractivity contribution in [3.63, 3.8) is 0 Å². The zero-order valence-electron chi connectivity index (χ0n) is 9.28. The van der Waals surface area contributed by atoms with Crippen LogP contribution in [0.4, 0.5) is 5.82 Å². The van der Waals surface area contributed by atoms with Crippen molar-refractivity contribution in [1.82, 2.24) is 4.98 Å². The molecule has 0 aliphatic heterocycles. The molecule has 1 aliphatic rings. The van der Waals surface area contributed by atoms with Gasteiger partial charge in [-0.15, -0.1) is 0 Å². The van der Waals surface area contributed by atoms with Crippen molar-refractivity contribution >= 4 is 11.7 Å². The van der Waals surface area contributed by atoms with Gasteiger partial charge in [0, 0.05) is 12.7 Å². The maximum absolute atomic E-state index is 11.2. The number of hydrogen-bond acceptors (Lipinski definition) is 3. The molecule has 0 bridgehead atoms. The van der Waals surface area contributed by atoms with Crippen molar-refractivity contribution in [1.29, 1.82) is 0 Å². The molecule has 0 radical (unpaired) electrons. The molecule has 16 heavy (non-hydrogen) atoms. The van der Waals surface area contributed by atoms with Crippen LogP contribution in [0.25, 0.3) is 0 Å². The maximum Gasteiger partial charge on any atom is 0.252 e. The SMILES string of the molecule is NC(=O)c1cccnc1NCC1CCCC1.